The molecule has 2 N–H and O–H groups in total. The van der Waals surface area contributed by atoms with Gasteiger partial charge in [0, 0.05) is 25.2 Å². The van der Waals surface area contributed by atoms with Crippen molar-refractivity contribution in [2.24, 2.45) is 0 Å². The molecule has 4 nitrogen and oxygen atoms in total. The number of anilines is 1. The number of hydrogen-bond donors (Lipinski definition) is 2. The largest absolute Gasteiger partial charge is 0.367 e. The Morgan fingerprint density at radius 1 is 1.06 bits per heavy atom. The molecular weight excluding hydrogens is 224 g/mol. The van der Waals surface area contributed by atoms with E-state index < -0.39 is 0 Å². The fraction of sp³-hybridized carbons (Fsp3) is 0.357. The first-order valence-corrected chi connectivity index (χ1v) is 6.49. The summed E-state index contributed by atoms with van der Waals surface area (Å²) in [6, 6.07) is 10.4. The van der Waals surface area contributed by atoms with Crippen molar-refractivity contribution in [1.82, 2.24) is 15.5 Å². The van der Waals surface area contributed by atoms with Crippen LogP contribution in [0.15, 0.2) is 36.5 Å². The van der Waals surface area contributed by atoms with Crippen molar-refractivity contribution in [3.05, 3.63) is 36.5 Å². The number of nitrogens with one attached hydrogen (secondary N) is 2. The molecule has 0 amide bonds. The van der Waals surface area contributed by atoms with E-state index in [0.29, 0.717) is 0 Å². The first-order chi connectivity index (χ1) is 8.95. The van der Waals surface area contributed by atoms with E-state index in [-0.39, 0.29) is 0 Å². The van der Waals surface area contributed by atoms with E-state index >= 15 is 0 Å². The van der Waals surface area contributed by atoms with Crippen LogP contribution in [0.3, 0.4) is 0 Å². The summed E-state index contributed by atoms with van der Waals surface area (Å²) < 4.78 is 0. The second-order valence-electron chi connectivity index (χ2n) is 4.59. The fourth-order valence-electron chi connectivity index (χ4n) is 2.42. The smallest absolute Gasteiger partial charge is 0.0884 e. The predicted molar refractivity (Wildman–Crippen MR) is 73.7 cm³/mol. The SMILES string of the molecule is c1ccc(-c2[nH]ncc2N2CCCNCC2)cc1. The molecule has 1 aromatic heterocycles. The minimum Gasteiger partial charge on any atom is -0.367 e. The number of rotatable bonds is 2. The van der Waals surface area contributed by atoms with Crippen LogP contribution in [-0.2, 0) is 0 Å². The highest BCUT2D eigenvalue weighted by atomic mass is 15.2. The van der Waals surface area contributed by atoms with Gasteiger partial charge in [0.1, 0.15) is 0 Å². The Bertz CT molecular complexity index is 484. The van der Waals surface area contributed by atoms with Gasteiger partial charge >= 0.3 is 0 Å². The molecule has 18 heavy (non-hydrogen) atoms. The highest BCUT2D eigenvalue weighted by molar-refractivity contribution is 5.74. The summed E-state index contributed by atoms with van der Waals surface area (Å²) in [6.07, 6.45) is 3.12. The molecule has 0 aliphatic carbocycles. The van der Waals surface area contributed by atoms with E-state index in [9.17, 15) is 0 Å². The van der Waals surface area contributed by atoms with Gasteiger partial charge in [0.15, 0.2) is 0 Å². The lowest BCUT2D eigenvalue weighted by atomic mass is 10.1. The molecule has 1 saturated heterocycles. The molecule has 1 aliphatic rings. The standard InChI is InChI=1S/C14H18N4/c1-2-5-12(6-3-1)14-13(11-16-17-14)18-9-4-7-15-8-10-18/h1-3,5-6,11,15H,4,7-10H2,(H,16,17). The number of aromatic amines is 1. The third kappa shape index (κ3) is 2.24. The molecule has 1 aromatic carbocycles. The lowest BCUT2D eigenvalue weighted by Crippen LogP contribution is -2.27. The Morgan fingerprint density at radius 2 is 1.94 bits per heavy atom. The molecule has 4 heteroatoms. The topological polar surface area (TPSA) is 44.0 Å². The van der Waals surface area contributed by atoms with Gasteiger partial charge in [0.2, 0.25) is 0 Å². The molecule has 1 aliphatic heterocycles. The number of nitrogens with zero attached hydrogens (tertiary/aromatic N) is 2. The highest BCUT2D eigenvalue weighted by Gasteiger charge is 2.15. The van der Waals surface area contributed by atoms with Crippen molar-refractivity contribution in [3.63, 3.8) is 0 Å². The van der Waals surface area contributed by atoms with Crippen molar-refractivity contribution in [2.75, 3.05) is 31.1 Å². The quantitative estimate of drug-likeness (QED) is 0.845. The molecular formula is C14H18N4. The molecule has 94 valence electrons. The van der Waals surface area contributed by atoms with Crippen LogP contribution < -0.4 is 10.2 Å². The number of H-pyrrole nitrogens is 1. The molecule has 0 saturated carbocycles. The van der Waals surface area contributed by atoms with Crippen LogP contribution in [0.5, 0.6) is 0 Å². The van der Waals surface area contributed by atoms with E-state index in [2.05, 4.69) is 44.7 Å². The molecule has 3 rings (SSSR count). The maximum absolute atomic E-state index is 4.22. The molecule has 2 heterocycles. The monoisotopic (exact) mass is 242 g/mol. The van der Waals surface area contributed by atoms with Crippen molar-refractivity contribution < 1.29 is 0 Å². The third-order valence-electron chi connectivity index (χ3n) is 3.36. The van der Waals surface area contributed by atoms with Crippen molar-refractivity contribution in [1.29, 1.82) is 0 Å². The lowest BCUT2D eigenvalue weighted by Gasteiger charge is -2.21. The normalized spacial score (nSPS) is 16.6. The first kappa shape index (κ1) is 11.3. The summed E-state index contributed by atoms with van der Waals surface area (Å²) >= 11 is 0. The average molecular weight is 242 g/mol. The van der Waals surface area contributed by atoms with Gasteiger partial charge in [-0.3, -0.25) is 5.10 Å². The van der Waals surface area contributed by atoms with Gasteiger partial charge in [0.25, 0.3) is 0 Å². The van der Waals surface area contributed by atoms with Crippen LogP contribution >= 0.6 is 0 Å². The van der Waals surface area contributed by atoms with Crippen LogP contribution in [0, 0.1) is 0 Å². The first-order valence-electron chi connectivity index (χ1n) is 6.49. The zero-order chi connectivity index (χ0) is 12.2. The van der Waals surface area contributed by atoms with Crippen LogP contribution in [0.4, 0.5) is 5.69 Å². The summed E-state index contributed by atoms with van der Waals surface area (Å²) in [5.74, 6) is 0. The minimum atomic E-state index is 1.04. The van der Waals surface area contributed by atoms with Crippen LogP contribution in [0.25, 0.3) is 11.3 Å². The lowest BCUT2D eigenvalue weighted by molar-refractivity contribution is 0.724. The highest BCUT2D eigenvalue weighted by Crippen LogP contribution is 2.28. The second kappa shape index (κ2) is 5.23. The van der Waals surface area contributed by atoms with E-state index in [1.165, 1.54) is 17.7 Å². The zero-order valence-corrected chi connectivity index (χ0v) is 10.4. The summed E-state index contributed by atoms with van der Waals surface area (Å²) in [6.45, 7) is 4.28. The molecule has 1 fully saturated rings. The second-order valence-corrected chi connectivity index (χ2v) is 4.59. The third-order valence-corrected chi connectivity index (χ3v) is 3.36. The van der Waals surface area contributed by atoms with Gasteiger partial charge in [-0.25, -0.2) is 0 Å². The molecule has 0 unspecified atom stereocenters. The van der Waals surface area contributed by atoms with E-state index in [0.717, 1.165) is 31.9 Å². The van der Waals surface area contributed by atoms with Crippen LogP contribution in [0.2, 0.25) is 0 Å². The van der Waals surface area contributed by atoms with Crippen molar-refractivity contribution in [3.8, 4) is 11.3 Å². The number of aromatic nitrogens is 2. The van der Waals surface area contributed by atoms with Gasteiger partial charge in [-0.15, -0.1) is 0 Å². The zero-order valence-electron chi connectivity index (χ0n) is 10.4. The molecule has 0 atom stereocenters. The van der Waals surface area contributed by atoms with Gasteiger partial charge in [0.05, 0.1) is 17.6 Å². The Labute approximate surface area is 107 Å². The molecule has 0 radical (unpaired) electrons. The van der Waals surface area contributed by atoms with E-state index in [1.807, 2.05) is 12.3 Å². The molecule has 2 aromatic rings. The van der Waals surface area contributed by atoms with Crippen molar-refractivity contribution >= 4 is 5.69 Å². The van der Waals surface area contributed by atoms with Gasteiger partial charge < -0.3 is 10.2 Å². The summed E-state index contributed by atoms with van der Waals surface area (Å²) in [4.78, 5) is 2.41. The number of benzene rings is 1. The Kier molecular flexibility index (Phi) is 3.28. The van der Waals surface area contributed by atoms with E-state index in [4.69, 9.17) is 0 Å². The summed E-state index contributed by atoms with van der Waals surface area (Å²) in [5, 5.41) is 10.8. The summed E-state index contributed by atoms with van der Waals surface area (Å²) in [5.41, 5.74) is 3.53. The Hall–Kier alpha value is -1.81. The maximum Gasteiger partial charge on any atom is 0.0884 e. The van der Waals surface area contributed by atoms with Crippen LogP contribution in [-0.4, -0.2) is 36.4 Å². The van der Waals surface area contributed by atoms with Gasteiger partial charge in [-0.2, -0.15) is 5.10 Å². The van der Waals surface area contributed by atoms with Crippen LogP contribution in [0.1, 0.15) is 6.42 Å². The van der Waals surface area contributed by atoms with Crippen molar-refractivity contribution in [2.45, 2.75) is 6.42 Å². The summed E-state index contributed by atoms with van der Waals surface area (Å²) in [7, 11) is 0. The Morgan fingerprint density at radius 3 is 2.83 bits per heavy atom. The molecule has 0 spiro atoms. The van der Waals surface area contributed by atoms with Gasteiger partial charge in [-0.1, -0.05) is 30.3 Å². The minimum absolute atomic E-state index is 1.04. The predicted octanol–water partition coefficient (Wildman–Crippen LogP) is 1.88. The molecule has 0 bridgehead atoms. The maximum atomic E-state index is 4.22. The Balaban J connectivity index is 1.91. The average Bonchev–Trinajstić information content (AvgIpc) is 2.75. The number of hydrogen-bond acceptors (Lipinski definition) is 3. The van der Waals surface area contributed by atoms with Gasteiger partial charge in [-0.05, 0) is 13.0 Å². The fourth-order valence-corrected chi connectivity index (χ4v) is 2.42. The van der Waals surface area contributed by atoms with E-state index in [1.54, 1.807) is 0 Å².